The van der Waals surface area contributed by atoms with Crippen LogP contribution in [0.15, 0.2) is 71.4 Å². The summed E-state index contributed by atoms with van der Waals surface area (Å²) in [7, 11) is 0. The van der Waals surface area contributed by atoms with Crippen LogP contribution in [0, 0.1) is 0 Å². The Morgan fingerprint density at radius 2 is 0.853 bits per heavy atom. The van der Waals surface area contributed by atoms with E-state index >= 15 is 0 Å². The Bertz CT molecular complexity index is 1200. The highest BCUT2D eigenvalue weighted by molar-refractivity contribution is 7.12. The van der Waals surface area contributed by atoms with E-state index < -0.39 is 23.5 Å². The van der Waals surface area contributed by atoms with Gasteiger partial charge in [-0.1, -0.05) is 36.4 Å². The van der Waals surface area contributed by atoms with Crippen molar-refractivity contribution in [1.29, 1.82) is 0 Å². The van der Waals surface area contributed by atoms with E-state index in [1.54, 1.807) is 12.2 Å². The van der Waals surface area contributed by atoms with Crippen molar-refractivity contribution >= 4 is 47.0 Å². The molecule has 2 aromatic heterocycles. The van der Waals surface area contributed by atoms with Crippen LogP contribution in [0.3, 0.4) is 0 Å². The molecule has 0 saturated heterocycles. The molecule has 4 rings (SSSR count). The maximum atomic E-state index is 12.7. The molecule has 0 aliphatic heterocycles. The van der Waals surface area contributed by atoms with Gasteiger partial charge < -0.3 is 0 Å². The van der Waals surface area contributed by atoms with Crippen molar-refractivity contribution in [3.8, 4) is 11.1 Å². The summed E-state index contributed by atoms with van der Waals surface area (Å²) in [5, 5.41) is 4.00. The fourth-order valence-corrected chi connectivity index (χ4v) is 4.72. The summed E-state index contributed by atoms with van der Waals surface area (Å²) in [6, 6.07) is 14.0. The molecule has 0 radical (unpaired) electrons. The van der Waals surface area contributed by atoms with Gasteiger partial charge in [0.25, 0.3) is 0 Å². The van der Waals surface area contributed by atoms with E-state index in [4.69, 9.17) is 0 Å². The van der Waals surface area contributed by atoms with Crippen LogP contribution in [0.25, 0.3) is 35.4 Å². The van der Waals surface area contributed by atoms with E-state index in [0.717, 1.165) is 45.1 Å². The van der Waals surface area contributed by atoms with Crippen LogP contribution in [0.4, 0.5) is 26.3 Å². The van der Waals surface area contributed by atoms with Crippen LogP contribution in [0.2, 0.25) is 0 Å². The highest BCUT2D eigenvalue weighted by Crippen LogP contribution is 2.33. The van der Waals surface area contributed by atoms with Gasteiger partial charge in [0.05, 0.1) is 11.1 Å². The summed E-state index contributed by atoms with van der Waals surface area (Å²) in [5.74, 6) is 0. The molecule has 0 atom stereocenters. The maximum Gasteiger partial charge on any atom is 0.416 e. The van der Waals surface area contributed by atoms with Crippen LogP contribution < -0.4 is 0 Å². The Balaban J connectivity index is 1.41. The van der Waals surface area contributed by atoms with Gasteiger partial charge in [-0.3, -0.25) is 0 Å². The minimum absolute atomic E-state index is 0.675. The number of hydrogen-bond acceptors (Lipinski definition) is 2. The van der Waals surface area contributed by atoms with Gasteiger partial charge >= 0.3 is 12.4 Å². The van der Waals surface area contributed by atoms with Crippen molar-refractivity contribution in [1.82, 2.24) is 0 Å². The van der Waals surface area contributed by atoms with Crippen molar-refractivity contribution in [3.05, 3.63) is 103 Å². The zero-order valence-electron chi connectivity index (χ0n) is 17.3. The van der Waals surface area contributed by atoms with Crippen molar-refractivity contribution in [2.75, 3.05) is 0 Å². The largest absolute Gasteiger partial charge is 0.416 e. The second-order valence-electron chi connectivity index (χ2n) is 7.38. The van der Waals surface area contributed by atoms with E-state index in [0.29, 0.717) is 11.1 Å². The minimum atomic E-state index is -4.35. The van der Waals surface area contributed by atoms with E-state index in [-0.39, 0.29) is 0 Å². The number of thiophene rings is 2. The van der Waals surface area contributed by atoms with Gasteiger partial charge in [-0.2, -0.15) is 26.3 Å². The smallest absolute Gasteiger partial charge is 0.166 e. The molecule has 8 heteroatoms. The molecular formula is C26H16F6S2. The van der Waals surface area contributed by atoms with E-state index in [1.807, 2.05) is 35.0 Å². The van der Waals surface area contributed by atoms with Gasteiger partial charge in [0.2, 0.25) is 0 Å². The number of hydrogen-bond donors (Lipinski definition) is 0. The third kappa shape index (κ3) is 6.07. The van der Waals surface area contributed by atoms with Crippen LogP contribution in [0.1, 0.15) is 32.0 Å². The Hall–Kier alpha value is -3.10. The summed E-state index contributed by atoms with van der Waals surface area (Å²) in [6.07, 6.45) is -1.46. The van der Waals surface area contributed by atoms with Crippen LogP contribution >= 0.6 is 22.7 Å². The van der Waals surface area contributed by atoms with Gasteiger partial charge in [-0.15, -0.1) is 22.7 Å². The average Bonchev–Trinajstić information content (AvgIpc) is 3.45. The van der Waals surface area contributed by atoms with Crippen molar-refractivity contribution in [2.24, 2.45) is 0 Å². The second-order valence-corrected chi connectivity index (χ2v) is 9.27. The number of alkyl halides is 6. The molecule has 0 aliphatic carbocycles. The summed E-state index contributed by atoms with van der Waals surface area (Å²) in [6.45, 7) is 0. The van der Waals surface area contributed by atoms with Gasteiger partial charge in [0.15, 0.2) is 0 Å². The lowest BCUT2D eigenvalue weighted by molar-refractivity contribution is -0.138. The van der Waals surface area contributed by atoms with Gasteiger partial charge in [0.1, 0.15) is 0 Å². The second kappa shape index (κ2) is 9.64. The molecular weight excluding hydrogens is 490 g/mol. The third-order valence-electron chi connectivity index (χ3n) is 4.93. The molecule has 0 nitrogen and oxygen atoms in total. The topological polar surface area (TPSA) is 0 Å². The molecule has 0 aliphatic rings. The van der Waals surface area contributed by atoms with E-state index in [2.05, 4.69) is 0 Å². The number of benzene rings is 2. The molecule has 4 aromatic rings. The van der Waals surface area contributed by atoms with Crippen LogP contribution in [-0.2, 0) is 12.4 Å². The molecule has 0 N–H and O–H groups in total. The Morgan fingerprint density at radius 1 is 0.500 bits per heavy atom. The molecule has 0 fully saturated rings. The lowest BCUT2D eigenvalue weighted by Gasteiger charge is -2.05. The lowest BCUT2D eigenvalue weighted by atomic mass is 10.1. The molecule has 0 unspecified atom stereocenters. The van der Waals surface area contributed by atoms with Crippen molar-refractivity contribution < 1.29 is 26.3 Å². The lowest BCUT2D eigenvalue weighted by Crippen LogP contribution is -2.03. The first-order chi connectivity index (χ1) is 16.1. The first-order valence-electron chi connectivity index (χ1n) is 9.96. The normalized spacial score (nSPS) is 12.8. The van der Waals surface area contributed by atoms with Gasteiger partial charge in [-0.25, -0.2) is 0 Å². The molecule has 2 aromatic carbocycles. The van der Waals surface area contributed by atoms with Crippen molar-refractivity contribution in [3.63, 3.8) is 0 Å². The molecule has 174 valence electrons. The molecule has 0 bridgehead atoms. The Labute approximate surface area is 200 Å². The predicted molar refractivity (Wildman–Crippen MR) is 128 cm³/mol. The van der Waals surface area contributed by atoms with Gasteiger partial charge in [-0.05, 0) is 81.6 Å². The van der Waals surface area contributed by atoms with Crippen LogP contribution in [0.5, 0.6) is 0 Å². The Kier molecular flexibility index (Phi) is 6.81. The SMILES string of the molecule is FC(F)(F)c1ccc(C=Cc2cc(-c3csc(C=Cc4ccc(C(F)(F)F)cc4)c3)cs2)cc1. The zero-order valence-corrected chi connectivity index (χ0v) is 19.0. The first kappa shape index (κ1) is 24.0. The minimum Gasteiger partial charge on any atom is -0.166 e. The molecule has 0 amide bonds. The van der Waals surface area contributed by atoms with E-state index in [9.17, 15) is 26.3 Å². The number of rotatable bonds is 5. The molecule has 0 spiro atoms. The molecule has 2 heterocycles. The summed E-state index contributed by atoms with van der Waals surface area (Å²) < 4.78 is 76.0. The highest BCUT2D eigenvalue weighted by atomic mass is 32.1. The summed E-state index contributed by atoms with van der Waals surface area (Å²) >= 11 is 3.04. The summed E-state index contributed by atoms with van der Waals surface area (Å²) in [5.41, 5.74) is 2.03. The van der Waals surface area contributed by atoms with Gasteiger partial charge in [0, 0.05) is 9.75 Å². The maximum absolute atomic E-state index is 12.7. The Morgan fingerprint density at radius 3 is 1.18 bits per heavy atom. The molecule has 0 saturated carbocycles. The quantitative estimate of drug-likeness (QED) is 0.236. The summed E-state index contributed by atoms with van der Waals surface area (Å²) in [4.78, 5) is 1.92. The number of halogens is 6. The molecule has 34 heavy (non-hydrogen) atoms. The monoisotopic (exact) mass is 506 g/mol. The fraction of sp³-hybridized carbons (Fsp3) is 0.0769. The fourth-order valence-electron chi connectivity index (χ4n) is 3.11. The standard InChI is InChI=1S/C26H16F6S2/c27-25(28,29)21-7-1-17(2-8-21)5-11-23-13-19(15-33-23)20-14-24(34-16-20)12-6-18-3-9-22(10-4-18)26(30,31)32/h1-16H. The van der Waals surface area contributed by atoms with E-state index in [1.165, 1.54) is 46.9 Å². The predicted octanol–water partition coefficient (Wildman–Crippen LogP) is 9.85. The highest BCUT2D eigenvalue weighted by Gasteiger charge is 2.30. The first-order valence-corrected chi connectivity index (χ1v) is 11.7. The third-order valence-corrected chi connectivity index (χ3v) is 6.72. The zero-order chi connectivity index (χ0) is 24.3. The average molecular weight is 507 g/mol. The van der Waals surface area contributed by atoms with Crippen molar-refractivity contribution in [2.45, 2.75) is 12.4 Å². The van der Waals surface area contributed by atoms with Crippen LogP contribution in [-0.4, -0.2) is 0 Å².